The summed E-state index contributed by atoms with van der Waals surface area (Å²) in [6.07, 6.45) is 4.97. The van der Waals surface area contributed by atoms with Crippen molar-refractivity contribution < 1.29 is 9.84 Å². The van der Waals surface area contributed by atoms with Gasteiger partial charge in [-0.05, 0) is 75.7 Å². The third-order valence-electron chi connectivity index (χ3n) is 7.75. The Bertz CT molecular complexity index is 1090. The first-order valence-electron chi connectivity index (χ1n) is 12.6. The number of aliphatic hydroxyl groups is 1. The van der Waals surface area contributed by atoms with Crippen molar-refractivity contribution >= 4 is 16.9 Å². The van der Waals surface area contributed by atoms with E-state index in [0.29, 0.717) is 12.0 Å². The predicted molar refractivity (Wildman–Crippen MR) is 137 cm³/mol. The molecule has 0 saturated carbocycles. The molecule has 2 aliphatic heterocycles. The largest absolute Gasteiger partial charge is 0.497 e. The summed E-state index contributed by atoms with van der Waals surface area (Å²) in [5.74, 6) is 2.06. The molecule has 0 radical (unpaired) electrons. The second kappa shape index (κ2) is 10.3. The monoisotopic (exact) mass is 460 g/mol. The number of aromatic nitrogens is 2. The second-order valence-electron chi connectivity index (χ2n) is 9.84. The molecule has 0 aliphatic carbocycles. The maximum absolute atomic E-state index is 10.8. The molecular weight excluding hydrogens is 424 g/mol. The van der Waals surface area contributed by atoms with Gasteiger partial charge in [-0.3, -0.25) is 0 Å². The van der Waals surface area contributed by atoms with Crippen molar-refractivity contribution in [2.24, 2.45) is 5.92 Å². The minimum atomic E-state index is -0.238. The van der Waals surface area contributed by atoms with Crippen LogP contribution >= 0.6 is 0 Å². The molecule has 3 heterocycles. The Balaban J connectivity index is 1.15. The number of likely N-dealkylation sites (tertiary alicyclic amines) is 1. The van der Waals surface area contributed by atoms with Gasteiger partial charge in [0.25, 0.3) is 0 Å². The highest BCUT2D eigenvalue weighted by molar-refractivity contribution is 5.83. The maximum atomic E-state index is 10.8. The fourth-order valence-corrected chi connectivity index (χ4v) is 5.64. The topological polar surface area (TPSA) is 61.7 Å². The van der Waals surface area contributed by atoms with Crippen molar-refractivity contribution in [3.8, 4) is 5.75 Å². The number of anilines is 1. The Labute approximate surface area is 202 Å². The number of aliphatic hydroxyl groups excluding tert-OH is 1. The van der Waals surface area contributed by atoms with Gasteiger partial charge in [-0.25, -0.2) is 9.97 Å². The molecular formula is C28H36N4O2. The number of rotatable bonds is 6. The molecule has 1 atom stereocenters. The zero-order chi connectivity index (χ0) is 23.5. The Morgan fingerprint density at radius 2 is 1.71 bits per heavy atom. The van der Waals surface area contributed by atoms with Gasteiger partial charge in [0.15, 0.2) is 0 Å². The lowest BCUT2D eigenvalue weighted by Crippen LogP contribution is -2.49. The lowest BCUT2D eigenvalue weighted by atomic mass is 9.86. The van der Waals surface area contributed by atoms with Crippen LogP contribution in [0, 0.1) is 12.8 Å². The minimum Gasteiger partial charge on any atom is -0.497 e. The average Bonchev–Trinajstić information content (AvgIpc) is 2.89. The molecule has 2 aliphatic rings. The second-order valence-corrected chi connectivity index (χ2v) is 9.84. The van der Waals surface area contributed by atoms with E-state index in [2.05, 4.69) is 41.0 Å². The van der Waals surface area contributed by atoms with Crippen molar-refractivity contribution in [2.75, 3.05) is 38.2 Å². The summed E-state index contributed by atoms with van der Waals surface area (Å²) in [5.41, 5.74) is 3.19. The molecule has 3 aromatic rings. The third-order valence-corrected chi connectivity index (χ3v) is 7.75. The Morgan fingerprint density at radius 1 is 0.971 bits per heavy atom. The van der Waals surface area contributed by atoms with Crippen LogP contribution < -0.4 is 9.64 Å². The average molecular weight is 461 g/mol. The fourth-order valence-electron chi connectivity index (χ4n) is 5.64. The van der Waals surface area contributed by atoms with Gasteiger partial charge < -0.3 is 19.6 Å². The molecule has 1 N–H and O–H groups in total. The lowest BCUT2D eigenvalue weighted by Gasteiger charge is -2.42. The maximum Gasteiger partial charge on any atom is 0.226 e. The molecule has 0 bridgehead atoms. The molecule has 2 aromatic carbocycles. The highest BCUT2D eigenvalue weighted by Gasteiger charge is 2.31. The quantitative estimate of drug-likeness (QED) is 0.594. The number of aryl methyl sites for hydroxylation is 1. The molecule has 6 nitrogen and oxygen atoms in total. The highest BCUT2D eigenvalue weighted by atomic mass is 16.5. The fraction of sp³-hybridized carbons (Fsp3) is 0.500. The summed E-state index contributed by atoms with van der Waals surface area (Å²) in [6.45, 7) is 6.20. The Kier molecular flexibility index (Phi) is 6.97. The van der Waals surface area contributed by atoms with Crippen LogP contribution in [-0.2, 0) is 6.42 Å². The summed E-state index contributed by atoms with van der Waals surface area (Å²) in [6, 6.07) is 17.0. The van der Waals surface area contributed by atoms with E-state index < -0.39 is 0 Å². The van der Waals surface area contributed by atoms with Gasteiger partial charge in [0.05, 0.1) is 24.4 Å². The number of fused-ring (bicyclic) bond motifs is 1. The van der Waals surface area contributed by atoms with Crippen LogP contribution in [0.15, 0.2) is 48.5 Å². The number of hydrogen-bond donors (Lipinski definition) is 1. The highest BCUT2D eigenvalue weighted by Crippen LogP contribution is 2.29. The molecule has 5 rings (SSSR count). The first-order chi connectivity index (χ1) is 16.6. The smallest absolute Gasteiger partial charge is 0.226 e. The van der Waals surface area contributed by atoms with E-state index >= 15 is 0 Å². The summed E-state index contributed by atoms with van der Waals surface area (Å²) < 4.78 is 5.39. The zero-order valence-corrected chi connectivity index (χ0v) is 20.4. The van der Waals surface area contributed by atoms with Crippen LogP contribution in [0.3, 0.4) is 0 Å². The standard InChI is InChI=1S/C28H36N4O2/c1-20-25-9-8-24(34-2)19-26(25)30-28(29-20)32-16-12-23(13-17-32)31-14-10-22(11-15-31)27(33)18-21-6-4-3-5-7-21/h3-9,19,22-23,27,33H,10-18H2,1-2H3. The van der Waals surface area contributed by atoms with E-state index in [-0.39, 0.29) is 6.10 Å². The van der Waals surface area contributed by atoms with E-state index in [4.69, 9.17) is 14.7 Å². The Morgan fingerprint density at radius 3 is 2.41 bits per heavy atom. The number of nitrogens with zero attached hydrogens (tertiary/aromatic N) is 4. The molecule has 0 amide bonds. The molecule has 1 aromatic heterocycles. The zero-order valence-electron chi connectivity index (χ0n) is 20.4. The van der Waals surface area contributed by atoms with E-state index in [1.807, 2.05) is 24.3 Å². The molecule has 34 heavy (non-hydrogen) atoms. The molecule has 180 valence electrons. The van der Waals surface area contributed by atoms with Gasteiger partial charge in [-0.1, -0.05) is 30.3 Å². The Hall–Kier alpha value is -2.70. The van der Waals surface area contributed by atoms with Crippen LogP contribution in [0.4, 0.5) is 5.95 Å². The van der Waals surface area contributed by atoms with E-state index in [9.17, 15) is 5.11 Å². The van der Waals surface area contributed by atoms with Crippen molar-refractivity contribution in [1.29, 1.82) is 0 Å². The first-order valence-corrected chi connectivity index (χ1v) is 12.6. The van der Waals surface area contributed by atoms with Crippen molar-refractivity contribution in [3.05, 3.63) is 59.8 Å². The van der Waals surface area contributed by atoms with Gasteiger partial charge in [-0.15, -0.1) is 0 Å². The minimum absolute atomic E-state index is 0.238. The number of ether oxygens (including phenoxy) is 1. The third kappa shape index (κ3) is 5.03. The van der Waals surface area contributed by atoms with Crippen LogP contribution in [0.5, 0.6) is 5.75 Å². The summed E-state index contributed by atoms with van der Waals surface area (Å²) >= 11 is 0. The van der Waals surface area contributed by atoms with Crippen LogP contribution in [0.1, 0.15) is 36.9 Å². The van der Waals surface area contributed by atoms with E-state index in [1.165, 1.54) is 5.56 Å². The molecule has 0 spiro atoms. The van der Waals surface area contributed by atoms with Gasteiger partial charge in [0, 0.05) is 30.6 Å². The number of piperidine rings is 2. The van der Waals surface area contributed by atoms with Crippen LogP contribution in [0.25, 0.3) is 10.9 Å². The van der Waals surface area contributed by atoms with Crippen molar-refractivity contribution in [3.63, 3.8) is 0 Å². The summed E-state index contributed by atoms with van der Waals surface area (Å²) in [4.78, 5) is 14.7. The number of benzene rings is 2. The summed E-state index contributed by atoms with van der Waals surface area (Å²) in [7, 11) is 1.69. The van der Waals surface area contributed by atoms with Crippen molar-refractivity contribution in [1.82, 2.24) is 14.9 Å². The number of methoxy groups -OCH3 is 1. The number of hydrogen-bond acceptors (Lipinski definition) is 6. The lowest BCUT2D eigenvalue weighted by molar-refractivity contribution is 0.0413. The van der Waals surface area contributed by atoms with Gasteiger partial charge in [0.2, 0.25) is 5.95 Å². The van der Waals surface area contributed by atoms with Gasteiger partial charge in [-0.2, -0.15) is 0 Å². The van der Waals surface area contributed by atoms with E-state index in [1.54, 1.807) is 7.11 Å². The SMILES string of the molecule is COc1ccc2c(C)nc(N3CCC(N4CCC(C(O)Cc5ccccc5)CC4)CC3)nc2c1. The van der Waals surface area contributed by atoms with Crippen LogP contribution in [-0.4, -0.2) is 65.4 Å². The van der Waals surface area contributed by atoms with Gasteiger partial charge >= 0.3 is 0 Å². The van der Waals surface area contributed by atoms with E-state index in [0.717, 1.165) is 86.6 Å². The first kappa shape index (κ1) is 23.1. The molecule has 2 fully saturated rings. The van der Waals surface area contributed by atoms with Crippen molar-refractivity contribution in [2.45, 2.75) is 51.2 Å². The molecule has 6 heteroatoms. The molecule has 2 saturated heterocycles. The predicted octanol–water partition coefficient (Wildman–Crippen LogP) is 4.23. The van der Waals surface area contributed by atoms with Crippen LogP contribution in [0.2, 0.25) is 0 Å². The summed E-state index contributed by atoms with van der Waals surface area (Å²) in [5, 5.41) is 11.8. The van der Waals surface area contributed by atoms with Gasteiger partial charge in [0.1, 0.15) is 5.75 Å². The molecule has 1 unspecified atom stereocenters. The normalized spacial score (nSPS) is 19.4.